The number of carbonyl (C=O) groups is 2. The van der Waals surface area contributed by atoms with E-state index in [1.54, 1.807) is 12.1 Å². The summed E-state index contributed by atoms with van der Waals surface area (Å²) in [5.41, 5.74) is 0.543. The van der Waals surface area contributed by atoms with Gasteiger partial charge in [0.15, 0.2) is 0 Å². The van der Waals surface area contributed by atoms with Crippen LogP contribution in [0.1, 0.15) is 29.9 Å². The monoisotopic (exact) mass is 289 g/mol. The summed E-state index contributed by atoms with van der Waals surface area (Å²) >= 11 is 0. The summed E-state index contributed by atoms with van der Waals surface area (Å²) < 4.78 is 0. The third-order valence-corrected chi connectivity index (χ3v) is 2.44. The standard InChI is InChI=1S/C15H19N3O3/c1-11(2)9-17-13(20)10-18-15(21)14-12(6-4-8-19)5-3-7-16-14/h3,5,7,11,19H,8-10H2,1-2H3,(H,17,20)(H,18,21). The van der Waals surface area contributed by atoms with Gasteiger partial charge in [-0.1, -0.05) is 25.7 Å². The molecule has 2 amide bonds. The summed E-state index contributed by atoms with van der Waals surface area (Å²) in [5, 5.41) is 13.9. The Morgan fingerprint density at radius 1 is 1.38 bits per heavy atom. The van der Waals surface area contributed by atoms with E-state index in [-0.39, 0.29) is 24.8 Å². The van der Waals surface area contributed by atoms with Gasteiger partial charge in [-0.3, -0.25) is 9.59 Å². The van der Waals surface area contributed by atoms with Gasteiger partial charge in [-0.2, -0.15) is 0 Å². The highest BCUT2D eigenvalue weighted by atomic mass is 16.2. The second kappa shape index (κ2) is 8.72. The van der Waals surface area contributed by atoms with E-state index in [9.17, 15) is 9.59 Å². The van der Waals surface area contributed by atoms with E-state index >= 15 is 0 Å². The minimum atomic E-state index is -0.475. The molecule has 0 aliphatic rings. The molecular formula is C15H19N3O3. The predicted molar refractivity (Wildman–Crippen MR) is 78.4 cm³/mol. The molecule has 1 rings (SSSR count). The lowest BCUT2D eigenvalue weighted by atomic mass is 10.2. The summed E-state index contributed by atoms with van der Waals surface area (Å²) in [6.07, 6.45) is 1.47. The fraction of sp³-hybridized carbons (Fsp3) is 0.400. The van der Waals surface area contributed by atoms with Gasteiger partial charge in [0.2, 0.25) is 5.91 Å². The first-order chi connectivity index (χ1) is 10.0. The third kappa shape index (κ3) is 6.06. The van der Waals surface area contributed by atoms with Gasteiger partial charge in [-0.25, -0.2) is 4.98 Å². The van der Waals surface area contributed by atoms with Crippen molar-refractivity contribution in [2.45, 2.75) is 13.8 Å². The van der Waals surface area contributed by atoms with Crippen molar-refractivity contribution in [1.82, 2.24) is 15.6 Å². The van der Waals surface area contributed by atoms with Crippen LogP contribution in [-0.4, -0.2) is 41.6 Å². The number of carbonyl (C=O) groups excluding carboxylic acids is 2. The molecule has 21 heavy (non-hydrogen) atoms. The average Bonchev–Trinajstić information content (AvgIpc) is 2.48. The van der Waals surface area contributed by atoms with Crippen LogP contribution in [0.15, 0.2) is 18.3 Å². The number of aliphatic hydroxyl groups excluding tert-OH is 1. The molecule has 0 radical (unpaired) electrons. The number of nitrogens with one attached hydrogen (secondary N) is 2. The molecule has 0 aliphatic heterocycles. The molecule has 1 aromatic heterocycles. The average molecular weight is 289 g/mol. The maximum atomic E-state index is 12.0. The van der Waals surface area contributed by atoms with Crippen molar-refractivity contribution in [2.75, 3.05) is 19.7 Å². The predicted octanol–water partition coefficient (Wildman–Crippen LogP) is -0.0726. The summed E-state index contributed by atoms with van der Waals surface area (Å²) in [7, 11) is 0. The van der Waals surface area contributed by atoms with Crippen molar-refractivity contribution in [2.24, 2.45) is 5.92 Å². The van der Waals surface area contributed by atoms with Gasteiger partial charge >= 0.3 is 0 Å². The zero-order valence-corrected chi connectivity index (χ0v) is 12.1. The van der Waals surface area contributed by atoms with Gasteiger partial charge in [0.25, 0.3) is 5.91 Å². The molecule has 6 nitrogen and oxygen atoms in total. The van der Waals surface area contributed by atoms with Gasteiger partial charge < -0.3 is 15.7 Å². The molecule has 1 heterocycles. The summed E-state index contributed by atoms with van der Waals surface area (Å²) in [5.74, 6) is 4.73. The quantitative estimate of drug-likeness (QED) is 0.662. The van der Waals surface area contributed by atoms with E-state index in [2.05, 4.69) is 27.5 Å². The van der Waals surface area contributed by atoms with E-state index in [1.807, 2.05) is 13.8 Å². The second-order valence-electron chi connectivity index (χ2n) is 4.74. The van der Waals surface area contributed by atoms with Gasteiger partial charge in [0.1, 0.15) is 12.3 Å². The summed E-state index contributed by atoms with van der Waals surface area (Å²) in [6, 6.07) is 3.27. The summed E-state index contributed by atoms with van der Waals surface area (Å²) in [4.78, 5) is 27.5. The maximum absolute atomic E-state index is 12.0. The van der Waals surface area contributed by atoms with E-state index in [0.717, 1.165) is 0 Å². The smallest absolute Gasteiger partial charge is 0.271 e. The van der Waals surface area contributed by atoms with E-state index < -0.39 is 5.91 Å². The Morgan fingerprint density at radius 2 is 2.14 bits per heavy atom. The van der Waals surface area contributed by atoms with E-state index in [4.69, 9.17) is 5.11 Å². The molecule has 0 atom stereocenters. The van der Waals surface area contributed by atoms with Crippen molar-refractivity contribution >= 4 is 11.8 Å². The first-order valence-electron chi connectivity index (χ1n) is 6.64. The first-order valence-corrected chi connectivity index (χ1v) is 6.64. The number of pyridine rings is 1. The Labute approximate surface area is 124 Å². The number of hydrogen-bond donors (Lipinski definition) is 3. The minimum Gasteiger partial charge on any atom is -0.384 e. The lowest BCUT2D eigenvalue weighted by Crippen LogP contribution is -2.38. The fourth-order valence-electron chi connectivity index (χ4n) is 1.45. The van der Waals surface area contributed by atoms with Crippen LogP contribution < -0.4 is 10.6 Å². The second-order valence-corrected chi connectivity index (χ2v) is 4.74. The van der Waals surface area contributed by atoms with Crippen LogP contribution in [0.3, 0.4) is 0 Å². The number of nitrogens with zero attached hydrogens (tertiary/aromatic N) is 1. The molecule has 0 aromatic carbocycles. The molecule has 0 bridgehead atoms. The number of aromatic nitrogens is 1. The minimum absolute atomic E-state index is 0.116. The molecule has 0 aliphatic carbocycles. The Morgan fingerprint density at radius 3 is 2.81 bits per heavy atom. The number of rotatable bonds is 5. The highest BCUT2D eigenvalue weighted by molar-refractivity contribution is 5.96. The van der Waals surface area contributed by atoms with Gasteiger partial charge in [-0.15, -0.1) is 0 Å². The topological polar surface area (TPSA) is 91.3 Å². The molecule has 1 aromatic rings. The molecule has 0 unspecified atom stereocenters. The molecule has 112 valence electrons. The highest BCUT2D eigenvalue weighted by Crippen LogP contribution is 2.03. The normalized spacial score (nSPS) is 9.71. The van der Waals surface area contributed by atoms with Gasteiger partial charge in [-0.05, 0) is 18.1 Å². The molecule has 0 saturated heterocycles. The van der Waals surface area contributed by atoms with E-state index in [0.29, 0.717) is 18.0 Å². The van der Waals surface area contributed by atoms with Crippen molar-refractivity contribution in [3.63, 3.8) is 0 Å². The number of amides is 2. The third-order valence-electron chi connectivity index (χ3n) is 2.44. The van der Waals surface area contributed by atoms with Crippen molar-refractivity contribution in [3.8, 4) is 11.8 Å². The molecular weight excluding hydrogens is 270 g/mol. The molecule has 0 fully saturated rings. The zero-order valence-electron chi connectivity index (χ0n) is 12.1. The Bertz CT molecular complexity index is 559. The fourth-order valence-corrected chi connectivity index (χ4v) is 1.45. The highest BCUT2D eigenvalue weighted by Gasteiger charge is 2.12. The van der Waals surface area contributed by atoms with Crippen LogP contribution >= 0.6 is 0 Å². The molecule has 6 heteroatoms. The lowest BCUT2D eigenvalue weighted by Gasteiger charge is -2.09. The Balaban J connectivity index is 2.62. The Hall–Kier alpha value is -2.39. The lowest BCUT2D eigenvalue weighted by molar-refractivity contribution is -0.120. The SMILES string of the molecule is CC(C)CNC(=O)CNC(=O)c1ncccc1C#CCO. The van der Waals surface area contributed by atoms with E-state index in [1.165, 1.54) is 6.20 Å². The van der Waals surface area contributed by atoms with Crippen LogP contribution in [0.4, 0.5) is 0 Å². The van der Waals surface area contributed by atoms with Crippen LogP contribution in [0.5, 0.6) is 0 Å². The van der Waals surface area contributed by atoms with Crippen LogP contribution in [0.2, 0.25) is 0 Å². The first kappa shape index (κ1) is 16.7. The Kier molecular flexibility index (Phi) is 6.92. The molecule has 3 N–H and O–H groups in total. The molecule has 0 saturated carbocycles. The maximum Gasteiger partial charge on any atom is 0.271 e. The van der Waals surface area contributed by atoms with Crippen molar-refractivity contribution < 1.29 is 14.7 Å². The number of aliphatic hydroxyl groups is 1. The van der Waals surface area contributed by atoms with Crippen LogP contribution in [0.25, 0.3) is 0 Å². The van der Waals surface area contributed by atoms with Crippen LogP contribution in [-0.2, 0) is 4.79 Å². The van der Waals surface area contributed by atoms with Gasteiger partial charge in [0, 0.05) is 12.7 Å². The zero-order chi connectivity index (χ0) is 15.7. The van der Waals surface area contributed by atoms with Crippen molar-refractivity contribution in [1.29, 1.82) is 0 Å². The summed E-state index contributed by atoms with van der Waals surface area (Å²) in [6.45, 7) is 4.12. The van der Waals surface area contributed by atoms with Crippen LogP contribution in [0, 0.1) is 17.8 Å². The van der Waals surface area contributed by atoms with Gasteiger partial charge in [0.05, 0.1) is 12.1 Å². The number of hydrogen-bond acceptors (Lipinski definition) is 4. The molecule has 0 spiro atoms. The van der Waals surface area contributed by atoms with Crippen molar-refractivity contribution in [3.05, 3.63) is 29.6 Å². The largest absolute Gasteiger partial charge is 0.384 e.